The number of fused-ring (bicyclic) bond motifs is 1. The van der Waals surface area contributed by atoms with Crippen LogP contribution < -0.4 is 19.9 Å². The first-order valence-electron chi connectivity index (χ1n) is 15.7. The molecular formula is C34H35F2N7O5S. The van der Waals surface area contributed by atoms with Crippen molar-refractivity contribution in [2.75, 3.05) is 48.9 Å². The number of ether oxygens (including phenoxy) is 2. The Bertz CT molecular complexity index is 1960. The number of anilines is 2. The fourth-order valence-corrected chi connectivity index (χ4v) is 6.67. The van der Waals surface area contributed by atoms with Crippen molar-refractivity contribution in [1.82, 2.24) is 18.8 Å². The normalized spacial score (nSPS) is 17.5. The fraction of sp³-hybridized carbons (Fsp3) is 0.353. The SMILES string of the molecule is CC(C)(C)OC(=O)N1CCN(c2ccc(-n3cnc4ccc(Oc5c(F)ccc(N[S+]([O-])N6CCC(F)C6)c5C#N)cc4c3=O)cc2)CC1. The number of carbonyl (C=O) groups excluding carboxylic acids is 1. The van der Waals surface area contributed by atoms with Crippen molar-refractivity contribution in [1.29, 1.82) is 5.26 Å². The molecule has 2 unspecified atom stereocenters. The van der Waals surface area contributed by atoms with E-state index in [9.17, 15) is 23.8 Å². The van der Waals surface area contributed by atoms with E-state index in [4.69, 9.17) is 9.47 Å². The number of piperazine rings is 1. The van der Waals surface area contributed by atoms with Crippen LogP contribution in [0, 0.1) is 17.1 Å². The van der Waals surface area contributed by atoms with Crippen molar-refractivity contribution in [3.63, 3.8) is 0 Å². The summed E-state index contributed by atoms with van der Waals surface area (Å²) >= 11 is -1.85. The number of alkyl halides is 1. The first kappa shape index (κ1) is 34.0. The summed E-state index contributed by atoms with van der Waals surface area (Å²) in [7, 11) is 0. The first-order chi connectivity index (χ1) is 23.4. The lowest BCUT2D eigenvalue weighted by Gasteiger charge is -2.36. The van der Waals surface area contributed by atoms with Crippen molar-refractivity contribution in [3.05, 3.63) is 82.7 Å². The number of benzene rings is 3. The molecule has 2 fully saturated rings. The standard InChI is InChI=1S/C34H35F2N7O5S/c1-34(2,3)48-33(45)41-16-14-40(15-17-41)23-4-6-24(7-5-23)43-21-38-29-10-8-25(18-26(29)32(43)44)47-31-27(19-37)30(11-9-28(31)36)39-49(46)42-13-12-22(35)20-42/h4-11,18,21-22,39H,12-17,20H2,1-3H3. The van der Waals surface area contributed by atoms with E-state index in [1.165, 1.54) is 33.4 Å². The van der Waals surface area contributed by atoms with Gasteiger partial charge in [0.2, 0.25) is 0 Å². The summed E-state index contributed by atoms with van der Waals surface area (Å²) in [6, 6.07) is 16.1. The van der Waals surface area contributed by atoms with Crippen LogP contribution in [-0.2, 0) is 16.3 Å². The molecule has 2 aliphatic heterocycles. The Morgan fingerprint density at radius 2 is 1.78 bits per heavy atom. The highest BCUT2D eigenvalue weighted by atomic mass is 32.2. The van der Waals surface area contributed by atoms with Crippen molar-refractivity contribution >= 4 is 39.9 Å². The molecule has 0 radical (unpaired) electrons. The summed E-state index contributed by atoms with van der Waals surface area (Å²) < 4.78 is 58.1. The smallest absolute Gasteiger partial charge is 0.410 e. The maximum Gasteiger partial charge on any atom is 0.410 e. The molecule has 0 aliphatic carbocycles. The number of aromatic nitrogens is 2. The molecule has 2 saturated heterocycles. The van der Waals surface area contributed by atoms with Gasteiger partial charge in [-0.1, -0.05) is 0 Å². The van der Waals surface area contributed by atoms with Crippen LogP contribution in [0.5, 0.6) is 11.5 Å². The van der Waals surface area contributed by atoms with Crippen LogP contribution in [-0.4, -0.2) is 80.4 Å². The Labute approximate surface area is 284 Å². The molecule has 4 aromatic rings. The van der Waals surface area contributed by atoms with Gasteiger partial charge in [-0.25, -0.2) is 18.6 Å². The van der Waals surface area contributed by atoms with E-state index < -0.39 is 40.4 Å². The first-order valence-corrected chi connectivity index (χ1v) is 16.8. The zero-order valence-electron chi connectivity index (χ0n) is 27.2. The molecule has 2 atom stereocenters. The third kappa shape index (κ3) is 7.56. The third-order valence-electron chi connectivity index (χ3n) is 8.12. The number of hydrogen-bond acceptors (Lipinski definition) is 10. The average Bonchev–Trinajstić information content (AvgIpc) is 3.52. The highest BCUT2D eigenvalue weighted by Gasteiger charge is 2.32. The zero-order chi connectivity index (χ0) is 34.9. The molecular weight excluding hydrogens is 656 g/mol. The predicted octanol–water partition coefficient (Wildman–Crippen LogP) is 5.28. The molecule has 1 amide bonds. The number of nitrogens with one attached hydrogen (secondary N) is 1. The molecule has 1 N–H and O–H groups in total. The quantitative estimate of drug-likeness (QED) is 0.255. The highest BCUT2D eigenvalue weighted by Crippen LogP contribution is 2.35. The van der Waals surface area contributed by atoms with E-state index in [0.717, 1.165) is 11.8 Å². The molecule has 256 valence electrons. The van der Waals surface area contributed by atoms with Gasteiger partial charge in [-0.2, -0.15) is 9.98 Å². The summed E-state index contributed by atoms with van der Waals surface area (Å²) in [4.78, 5) is 34.3. The minimum Gasteiger partial charge on any atom is -0.573 e. The predicted molar refractivity (Wildman–Crippen MR) is 181 cm³/mol. The van der Waals surface area contributed by atoms with Crippen LogP contribution in [0.1, 0.15) is 32.8 Å². The Morgan fingerprint density at radius 3 is 2.43 bits per heavy atom. The van der Waals surface area contributed by atoms with Gasteiger partial charge in [-0.15, -0.1) is 4.31 Å². The van der Waals surface area contributed by atoms with Gasteiger partial charge in [-0.05, 0) is 81.8 Å². The van der Waals surface area contributed by atoms with Crippen molar-refractivity contribution in [2.45, 2.75) is 39.0 Å². The molecule has 15 heteroatoms. The molecule has 0 bridgehead atoms. The van der Waals surface area contributed by atoms with Gasteiger partial charge in [0.05, 0.1) is 23.1 Å². The van der Waals surface area contributed by atoms with E-state index in [2.05, 4.69) is 14.6 Å². The van der Waals surface area contributed by atoms with Crippen molar-refractivity contribution in [3.8, 4) is 23.3 Å². The molecule has 3 heterocycles. The largest absolute Gasteiger partial charge is 0.573 e. The number of carbonyl (C=O) groups is 1. The fourth-order valence-electron chi connectivity index (χ4n) is 5.61. The van der Waals surface area contributed by atoms with Gasteiger partial charge in [0.1, 0.15) is 41.2 Å². The second kappa shape index (κ2) is 13.9. The van der Waals surface area contributed by atoms with Crippen LogP contribution in [0.2, 0.25) is 0 Å². The van der Waals surface area contributed by atoms with Gasteiger partial charge in [0, 0.05) is 38.4 Å². The third-order valence-corrected chi connectivity index (χ3v) is 9.32. The summed E-state index contributed by atoms with van der Waals surface area (Å²) in [6.07, 6.45) is 0.244. The minimum absolute atomic E-state index is 0.0203. The minimum atomic E-state index is -1.85. The van der Waals surface area contributed by atoms with E-state index in [1.807, 2.05) is 39.0 Å². The average molecular weight is 692 g/mol. The lowest BCUT2D eigenvalue weighted by molar-refractivity contribution is 0.0240. The Balaban J connectivity index is 1.19. The molecule has 6 rings (SSSR count). The summed E-state index contributed by atoms with van der Waals surface area (Å²) in [5.41, 5.74) is 0.764. The summed E-state index contributed by atoms with van der Waals surface area (Å²) in [6.45, 7) is 8.06. The molecule has 3 aromatic carbocycles. The van der Waals surface area contributed by atoms with Gasteiger partial charge in [-0.3, -0.25) is 9.36 Å². The molecule has 12 nitrogen and oxygen atoms in total. The monoisotopic (exact) mass is 691 g/mol. The maximum atomic E-state index is 15.0. The van der Waals surface area contributed by atoms with Crippen LogP contribution >= 0.6 is 0 Å². The van der Waals surface area contributed by atoms with E-state index >= 15 is 4.39 Å². The Kier molecular flexibility index (Phi) is 9.64. The number of nitrogens with zero attached hydrogens (tertiary/aromatic N) is 6. The number of nitriles is 1. The Morgan fingerprint density at radius 1 is 1.06 bits per heavy atom. The molecule has 49 heavy (non-hydrogen) atoms. The van der Waals surface area contributed by atoms with Crippen LogP contribution in [0.3, 0.4) is 0 Å². The number of hydrogen-bond donors (Lipinski definition) is 1. The van der Waals surface area contributed by atoms with Gasteiger partial charge in [0.15, 0.2) is 23.1 Å². The van der Waals surface area contributed by atoms with Crippen LogP contribution in [0.4, 0.5) is 25.0 Å². The van der Waals surface area contributed by atoms with Crippen LogP contribution in [0.15, 0.2) is 65.7 Å². The Hall–Kier alpha value is -4.91. The van der Waals surface area contributed by atoms with Crippen molar-refractivity contribution in [2.24, 2.45) is 0 Å². The second-order valence-electron chi connectivity index (χ2n) is 12.7. The highest BCUT2D eigenvalue weighted by molar-refractivity contribution is 7.90. The lowest BCUT2D eigenvalue weighted by Crippen LogP contribution is -2.50. The topological polar surface area (TPSA) is 139 Å². The molecule has 0 saturated carbocycles. The molecule has 0 spiro atoms. The van der Waals surface area contributed by atoms with Crippen molar-refractivity contribution < 1.29 is 27.6 Å². The van der Waals surface area contributed by atoms with Crippen LogP contribution in [0.25, 0.3) is 16.6 Å². The summed E-state index contributed by atoms with van der Waals surface area (Å²) in [5.74, 6) is -1.17. The number of amides is 1. The van der Waals surface area contributed by atoms with E-state index in [-0.39, 0.29) is 48.0 Å². The zero-order valence-corrected chi connectivity index (χ0v) is 28.0. The molecule has 2 aliphatic rings. The second-order valence-corrected chi connectivity index (χ2v) is 13.9. The maximum absolute atomic E-state index is 15.0. The van der Waals surface area contributed by atoms with Gasteiger partial charge >= 0.3 is 6.09 Å². The van der Waals surface area contributed by atoms with E-state index in [1.54, 1.807) is 23.1 Å². The summed E-state index contributed by atoms with van der Waals surface area (Å²) in [5, 5.41) is 10.1. The number of rotatable bonds is 7. The molecule has 1 aromatic heterocycles. The van der Waals surface area contributed by atoms with Gasteiger partial charge < -0.3 is 23.8 Å². The van der Waals surface area contributed by atoms with Gasteiger partial charge in [0.25, 0.3) is 5.56 Å². The van der Waals surface area contributed by atoms with E-state index in [0.29, 0.717) is 37.4 Å². The lowest BCUT2D eigenvalue weighted by atomic mass is 10.1. The number of halogens is 2.